The van der Waals surface area contributed by atoms with E-state index in [9.17, 15) is 18.3 Å². The number of fused-ring (bicyclic) bond motifs is 1. The average Bonchev–Trinajstić information content (AvgIpc) is 3.26. The highest BCUT2D eigenvalue weighted by Gasteiger charge is 2.35. The van der Waals surface area contributed by atoms with Crippen LogP contribution in [0.3, 0.4) is 0 Å². The van der Waals surface area contributed by atoms with Gasteiger partial charge in [-0.05, 0) is 51.0 Å². The fraction of sp³-hybridized carbons (Fsp3) is 0.280. The summed E-state index contributed by atoms with van der Waals surface area (Å²) in [5.41, 5.74) is 2.22. The largest absolute Gasteiger partial charge is 0.493 e. The molecule has 0 radical (unpaired) electrons. The molecule has 1 amide bonds. The maximum atomic E-state index is 12.9. The van der Waals surface area contributed by atoms with Crippen LogP contribution in [0.5, 0.6) is 5.88 Å². The third-order valence-corrected chi connectivity index (χ3v) is 7.64. The number of carbonyl (C=O) groups is 1. The topological polar surface area (TPSA) is 148 Å². The lowest BCUT2D eigenvalue weighted by molar-refractivity contribution is 0.0733. The molecular weight excluding hydrogens is 496 g/mol. The summed E-state index contributed by atoms with van der Waals surface area (Å²) in [7, 11) is -3.86. The van der Waals surface area contributed by atoms with Crippen LogP contribution in [0, 0.1) is 6.92 Å². The second kappa shape index (κ2) is 9.79. The number of benzene rings is 1. The molecular formula is C25H26N6O5S. The van der Waals surface area contributed by atoms with E-state index in [0.717, 1.165) is 5.56 Å². The molecule has 1 saturated carbocycles. The van der Waals surface area contributed by atoms with Crippen LogP contribution >= 0.6 is 0 Å². The number of carbonyl (C=O) groups excluding carboxylic acids is 1. The summed E-state index contributed by atoms with van der Waals surface area (Å²) in [6, 6.07) is 11.2. The monoisotopic (exact) mass is 522 g/mol. The summed E-state index contributed by atoms with van der Waals surface area (Å²) >= 11 is 0. The van der Waals surface area contributed by atoms with Crippen LogP contribution < -0.4 is 10.6 Å². The molecule has 12 heteroatoms. The number of hydrogen-bond donors (Lipinski definition) is 3. The first kappa shape index (κ1) is 24.7. The molecule has 1 atom stereocenters. The van der Waals surface area contributed by atoms with Crippen molar-refractivity contribution in [3.8, 4) is 5.88 Å². The van der Waals surface area contributed by atoms with E-state index in [4.69, 9.17) is 4.18 Å². The Hall–Kier alpha value is -4.03. The number of anilines is 1. The molecule has 3 aromatic heterocycles. The fourth-order valence-corrected chi connectivity index (χ4v) is 5.22. The number of hydrogen-bond acceptors (Lipinski definition) is 9. The fourth-order valence-electron chi connectivity index (χ4n) is 4.12. The molecule has 1 aliphatic rings. The van der Waals surface area contributed by atoms with E-state index < -0.39 is 16.2 Å². The van der Waals surface area contributed by atoms with Gasteiger partial charge in [-0.3, -0.25) is 8.98 Å². The number of aryl methyl sites for hydroxylation is 1. The molecule has 0 bridgehead atoms. The lowest BCUT2D eigenvalue weighted by atomic mass is 9.89. The van der Waals surface area contributed by atoms with Crippen molar-refractivity contribution in [3.63, 3.8) is 0 Å². The summed E-state index contributed by atoms with van der Waals surface area (Å²) in [4.78, 5) is 21.5. The van der Waals surface area contributed by atoms with Gasteiger partial charge in [0.15, 0.2) is 5.65 Å². The average molecular weight is 523 g/mol. The van der Waals surface area contributed by atoms with Crippen molar-refractivity contribution in [2.24, 2.45) is 0 Å². The number of amides is 1. The van der Waals surface area contributed by atoms with Crippen molar-refractivity contribution in [1.82, 2.24) is 24.9 Å². The third-order valence-electron chi connectivity index (χ3n) is 6.26. The van der Waals surface area contributed by atoms with Gasteiger partial charge >= 0.3 is 0 Å². The summed E-state index contributed by atoms with van der Waals surface area (Å²) < 4.78 is 31.8. The van der Waals surface area contributed by atoms with Gasteiger partial charge in [-0.1, -0.05) is 23.8 Å². The van der Waals surface area contributed by atoms with E-state index in [0.29, 0.717) is 29.9 Å². The molecule has 3 heterocycles. The highest BCUT2D eigenvalue weighted by molar-refractivity contribution is 7.86. The molecule has 4 aromatic rings. The first-order chi connectivity index (χ1) is 17.7. The molecule has 0 unspecified atom stereocenters. The minimum Gasteiger partial charge on any atom is -0.493 e. The van der Waals surface area contributed by atoms with Crippen LogP contribution in [0.4, 0.5) is 5.82 Å². The van der Waals surface area contributed by atoms with Crippen molar-refractivity contribution >= 4 is 27.5 Å². The van der Waals surface area contributed by atoms with Crippen molar-refractivity contribution in [3.05, 3.63) is 77.7 Å². The molecule has 1 aromatic carbocycles. The number of aromatic hydroxyl groups is 1. The number of nitrogens with zero attached hydrogens (tertiary/aromatic N) is 4. The van der Waals surface area contributed by atoms with Crippen LogP contribution in [0.25, 0.3) is 5.65 Å². The predicted octanol–water partition coefficient (Wildman–Crippen LogP) is 2.98. The summed E-state index contributed by atoms with van der Waals surface area (Å²) in [5, 5.41) is 20.3. The predicted molar refractivity (Wildman–Crippen MR) is 135 cm³/mol. The molecule has 192 valence electrons. The van der Waals surface area contributed by atoms with Gasteiger partial charge in [0.1, 0.15) is 11.4 Å². The Morgan fingerprint density at radius 3 is 2.68 bits per heavy atom. The zero-order valence-corrected chi connectivity index (χ0v) is 21.0. The molecule has 3 N–H and O–H groups in total. The van der Waals surface area contributed by atoms with Crippen molar-refractivity contribution in [1.29, 1.82) is 0 Å². The van der Waals surface area contributed by atoms with Crippen LogP contribution in [-0.4, -0.2) is 51.2 Å². The lowest BCUT2D eigenvalue weighted by Crippen LogP contribution is -2.48. The maximum Gasteiger partial charge on any atom is 0.297 e. The van der Waals surface area contributed by atoms with Crippen LogP contribution in [0.15, 0.2) is 66.0 Å². The molecule has 37 heavy (non-hydrogen) atoms. The van der Waals surface area contributed by atoms with Crippen LogP contribution in [0.1, 0.15) is 47.3 Å². The molecule has 0 aliphatic heterocycles. The maximum absolute atomic E-state index is 12.9. The minimum atomic E-state index is -3.86. The van der Waals surface area contributed by atoms with Gasteiger partial charge in [0.2, 0.25) is 5.88 Å². The zero-order valence-electron chi connectivity index (χ0n) is 20.2. The Balaban J connectivity index is 1.21. The second-order valence-electron chi connectivity index (χ2n) is 9.05. The normalized spacial score (nSPS) is 18.2. The number of rotatable bonds is 8. The number of pyridine rings is 1. The Morgan fingerprint density at radius 2 is 1.95 bits per heavy atom. The number of nitrogens with one attached hydrogen (secondary N) is 2. The standard InChI is InChI=1S/C25H26N6O5S/c1-15-5-7-19(8-6-15)37(34,35)36-18-12-17(13-18)29-25(33)21-14-27-31-11-9-22(30-23(21)31)28-16(2)20-4-3-10-26-24(20)32/h3-11,14,16-18H,12-13H2,1-2H3,(H,26,32)(H,28,30)(H,29,33)/t16-,17?,18?/m1/s1. The molecule has 0 spiro atoms. The van der Waals surface area contributed by atoms with Crippen molar-refractivity contribution in [2.75, 3.05) is 5.32 Å². The third kappa shape index (κ3) is 5.25. The zero-order chi connectivity index (χ0) is 26.2. The Bertz CT molecular complexity index is 1550. The van der Waals surface area contributed by atoms with Gasteiger partial charge in [0, 0.05) is 24.0 Å². The summed E-state index contributed by atoms with van der Waals surface area (Å²) in [5.74, 6) is 0.0705. The van der Waals surface area contributed by atoms with Crippen molar-refractivity contribution < 1.29 is 22.5 Å². The molecule has 11 nitrogen and oxygen atoms in total. The first-order valence-corrected chi connectivity index (χ1v) is 13.2. The Kier molecular flexibility index (Phi) is 6.52. The van der Waals surface area contributed by atoms with Gasteiger partial charge in [0.05, 0.1) is 23.2 Å². The smallest absolute Gasteiger partial charge is 0.297 e. The van der Waals surface area contributed by atoms with Gasteiger partial charge in [0.25, 0.3) is 16.0 Å². The Labute approximate surface area is 213 Å². The van der Waals surface area contributed by atoms with E-state index >= 15 is 0 Å². The van der Waals surface area contributed by atoms with Crippen LogP contribution in [0.2, 0.25) is 0 Å². The molecule has 1 fully saturated rings. The Morgan fingerprint density at radius 1 is 1.19 bits per heavy atom. The molecule has 0 saturated heterocycles. The van der Waals surface area contributed by atoms with E-state index in [1.54, 1.807) is 36.5 Å². The van der Waals surface area contributed by atoms with Gasteiger partial charge in [-0.15, -0.1) is 0 Å². The number of aromatic nitrogens is 4. The minimum absolute atomic E-state index is 0.0672. The van der Waals surface area contributed by atoms with E-state index in [2.05, 4.69) is 25.7 Å². The van der Waals surface area contributed by atoms with E-state index in [-0.39, 0.29) is 34.3 Å². The lowest BCUT2D eigenvalue weighted by Gasteiger charge is -2.34. The van der Waals surface area contributed by atoms with Crippen LogP contribution in [-0.2, 0) is 14.3 Å². The first-order valence-electron chi connectivity index (χ1n) is 11.8. The van der Waals surface area contributed by atoms with Gasteiger partial charge in [-0.2, -0.15) is 13.5 Å². The van der Waals surface area contributed by atoms with E-state index in [1.807, 2.05) is 13.8 Å². The SMILES string of the molecule is Cc1ccc(S(=O)(=O)OC2CC(NC(=O)c3cnn4ccc(N[C@H](C)c5cccnc5O)nc34)C2)cc1. The molecule has 5 rings (SSSR count). The summed E-state index contributed by atoms with van der Waals surface area (Å²) in [6.07, 6.45) is 4.88. The summed E-state index contributed by atoms with van der Waals surface area (Å²) in [6.45, 7) is 3.74. The van der Waals surface area contributed by atoms with Gasteiger partial charge in [-0.25, -0.2) is 14.5 Å². The second-order valence-corrected chi connectivity index (χ2v) is 10.6. The van der Waals surface area contributed by atoms with Gasteiger partial charge < -0.3 is 15.7 Å². The molecule has 1 aliphatic carbocycles. The highest BCUT2D eigenvalue weighted by Crippen LogP contribution is 2.28. The highest BCUT2D eigenvalue weighted by atomic mass is 32.2. The quantitative estimate of drug-likeness (QED) is 0.297. The van der Waals surface area contributed by atoms with E-state index in [1.165, 1.54) is 29.0 Å². The van der Waals surface area contributed by atoms with Crippen molar-refractivity contribution in [2.45, 2.75) is 49.8 Å².